The standard InChI is InChI=1S/C17H13ClO3/c1-20-13-5-3-12(4-6-13)17-9-15(19)14-8-11(10-18)2-7-16(14)21-17/h2-9H,10H2,1H3. The van der Waals surface area contributed by atoms with E-state index in [1.807, 2.05) is 30.3 Å². The summed E-state index contributed by atoms with van der Waals surface area (Å²) in [6.45, 7) is 0. The van der Waals surface area contributed by atoms with Gasteiger partial charge in [-0.3, -0.25) is 4.79 Å². The van der Waals surface area contributed by atoms with E-state index in [9.17, 15) is 4.79 Å². The molecule has 3 nitrogen and oxygen atoms in total. The van der Waals surface area contributed by atoms with Crippen LogP contribution in [-0.4, -0.2) is 7.11 Å². The molecule has 0 amide bonds. The number of ether oxygens (including phenoxy) is 1. The van der Waals surface area contributed by atoms with Gasteiger partial charge in [0, 0.05) is 17.5 Å². The Morgan fingerprint density at radius 2 is 1.86 bits per heavy atom. The lowest BCUT2D eigenvalue weighted by molar-refractivity contribution is 0.415. The van der Waals surface area contributed by atoms with Crippen LogP contribution in [0.15, 0.2) is 57.7 Å². The molecule has 106 valence electrons. The molecule has 3 aromatic rings. The van der Waals surface area contributed by atoms with Gasteiger partial charge in [0.25, 0.3) is 0 Å². The van der Waals surface area contributed by atoms with Crippen LogP contribution < -0.4 is 10.2 Å². The number of hydrogen-bond acceptors (Lipinski definition) is 3. The molecule has 0 unspecified atom stereocenters. The summed E-state index contributed by atoms with van der Waals surface area (Å²) in [7, 11) is 1.61. The SMILES string of the molecule is COc1ccc(-c2cc(=O)c3cc(CCl)ccc3o2)cc1. The van der Waals surface area contributed by atoms with E-state index >= 15 is 0 Å². The molecule has 0 fully saturated rings. The zero-order chi connectivity index (χ0) is 14.8. The first-order valence-corrected chi connectivity index (χ1v) is 7.02. The lowest BCUT2D eigenvalue weighted by Crippen LogP contribution is -2.00. The van der Waals surface area contributed by atoms with Crippen LogP contribution in [0.3, 0.4) is 0 Å². The third-order valence-corrected chi connectivity index (χ3v) is 3.63. The molecule has 1 heterocycles. The average molecular weight is 301 g/mol. The minimum atomic E-state index is -0.0750. The molecule has 0 radical (unpaired) electrons. The van der Waals surface area contributed by atoms with Gasteiger partial charge in [0.15, 0.2) is 5.43 Å². The van der Waals surface area contributed by atoms with Gasteiger partial charge >= 0.3 is 0 Å². The van der Waals surface area contributed by atoms with E-state index in [-0.39, 0.29) is 5.43 Å². The van der Waals surface area contributed by atoms with Crippen LogP contribution in [-0.2, 0) is 5.88 Å². The minimum absolute atomic E-state index is 0.0750. The van der Waals surface area contributed by atoms with Gasteiger partial charge in [-0.25, -0.2) is 0 Å². The molecule has 0 bridgehead atoms. The number of methoxy groups -OCH3 is 1. The van der Waals surface area contributed by atoms with Gasteiger partial charge in [-0.05, 0) is 42.0 Å². The highest BCUT2D eigenvalue weighted by Gasteiger charge is 2.08. The molecule has 0 N–H and O–H groups in total. The number of alkyl halides is 1. The lowest BCUT2D eigenvalue weighted by atomic mass is 10.1. The smallest absolute Gasteiger partial charge is 0.193 e. The summed E-state index contributed by atoms with van der Waals surface area (Å²) in [5, 5.41) is 0.547. The van der Waals surface area contributed by atoms with Crippen LogP contribution >= 0.6 is 11.6 Å². The first-order chi connectivity index (χ1) is 10.2. The van der Waals surface area contributed by atoms with Crippen molar-refractivity contribution in [2.24, 2.45) is 0 Å². The monoisotopic (exact) mass is 300 g/mol. The fourth-order valence-corrected chi connectivity index (χ4v) is 2.35. The van der Waals surface area contributed by atoms with Gasteiger partial charge < -0.3 is 9.15 Å². The Morgan fingerprint density at radius 3 is 2.52 bits per heavy atom. The predicted octanol–water partition coefficient (Wildman–Crippen LogP) is 4.21. The van der Waals surface area contributed by atoms with E-state index in [2.05, 4.69) is 0 Å². The van der Waals surface area contributed by atoms with E-state index < -0.39 is 0 Å². The Bertz CT molecular complexity index is 835. The minimum Gasteiger partial charge on any atom is -0.497 e. The molecule has 4 heteroatoms. The maximum Gasteiger partial charge on any atom is 0.193 e. The largest absolute Gasteiger partial charge is 0.497 e. The molecule has 3 rings (SSSR count). The van der Waals surface area contributed by atoms with Crippen LogP contribution in [0, 0.1) is 0 Å². The molecule has 0 saturated carbocycles. The number of rotatable bonds is 3. The Hall–Kier alpha value is -2.26. The van der Waals surface area contributed by atoms with E-state index in [1.54, 1.807) is 19.2 Å². The third kappa shape index (κ3) is 2.65. The van der Waals surface area contributed by atoms with E-state index in [0.717, 1.165) is 16.9 Å². The van der Waals surface area contributed by atoms with Crippen LogP contribution in [0.1, 0.15) is 5.56 Å². The second-order valence-corrected chi connectivity index (χ2v) is 4.93. The molecular weight excluding hydrogens is 288 g/mol. The highest BCUT2D eigenvalue weighted by molar-refractivity contribution is 6.17. The van der Waals surface area contributed by atoms with Crippen LogP contribution in [0.2, 0.25) is 0 Å². The zero-order valence-electron chi connectivity index (χ0n) is 11.4. The topological polar surface area (TPSA) is 39.4 Å². The average Bonchev–Trinajstić information content (AvgIpc) is 2.54. The molecule has 21 heavy (non-hydrogen) atoms. The highest BCUT2D eigenvalue weighted by atomic mass is 35.5. The van der Waals surface area contributed by atoms with Crippen molar-refractivity contribution >= 4 is 22.6 Å². The summed E-state index contributed by atoms with van der Waals surface area (Å²) in [4.78, 5) is 12.2. The first kappa shape index (κ1) is 13.7. The summed E-state index contributed by atoms with van der Waals surface area (Å²) in [5.74, 6) is 1.66. The van der Waals surface area contributed by atoms with Gasteiger partial charge in [0.2, 0.25) is 0 Å². The normalized spacial score (nSPS) is 10.8. The van der Waals surface area contributed by atoms with Crippen LogP contribution in [0.25, 0.3) is 22.3 Å². The summed E-state index contributed by atoms with van der Waals surface area (Å²) in [6, 6.07) is 14.3. The van der Waals surface area contributed by atoms with E-state index in [0.29, 0.717) is 22.6 Å². The first-order valence-electron chi connectivity index (χ1n) is 6.48. The van der Waals surface area contributed by atoms with Crippen molar-refractivity contribution < 1.29 is 9.15 Å². The number of benzene rings is 2. The van der Waals surface area contributed by atoms with Crippen molar-refractivity contribution in [3.63, 3.8) is 0 Å². The molecule has 0 aliphatic heterocycles. The molecule has 0 atom stereocenters. The van der Waals surface area contributed by atoms with Crippen molar-refractivity contribution in [2.75, 3.05) is 7.11 Å². The second kappa shape index (κ2) is 5.62. The van der Waals surface area contributed by atoms with Crippen molar-refractivity contribution in [2.45, 2.75) is 5.88 Å². The second-order valence-electron chi connectivity index (χ2n) is 4.67. The Kier molecular flexibility index (Phi) is 3.67. The molecule has 0 aliphatic carbocycles. The summed E-state index contributed by atoms with van der Waals surface area (Å²) in [6.07, 6.45) is 0. The number of halogens is 1. The van der Waals surface area contributed by atoms with Crippen LogP contribution in [0.4, 0.5) is 0 Å². The van der Waals surface area contributed by atoms with Crippen molar-refractivity contribution in [1.82, 2.24) is 0 Å². The predicted molar refractivity (Wildman–Crippen MR) is 84.0 cm³/mol. The molecule has 0 aliphatic rings. The van der Waals surface area contributed by atoms with Crippen molar-refractivity contribution in [3.8, 4) is 17.1 Å². The van der Waals surface area contributed by atoms with E-state index in [4.69, 9.17) is 20.8 Å². The van der Waals surface area contributed by atoms with Crippen molar-refractivity contribution in [3.05, 3.63) is 64.3 Å². The molecule has 1 aromatic heterocycles. The van der Waals surface area contributed by atoms with Crippen LogP contribution in [0.5, 0.6) is 5.75 Å². The maximum atomic E-state index is 12.2. The van der Waals surface area contributed by atoms with E-state index in [1.165, 1.54) is 6.07 Å². The number of hydrogen-bond donors (Lipinski definition) is 0. The third-order valence-electron chi connectivity index (χ3n) is 3.32. The zero-order valence-corrected chi connectivity index (χ0v) is 12.2. The Morgan fingerprint density at radius 1 is 1.10 bits per heavy atom. The highest BCUT2D eigenvalue weighted by Crippen LogP contribution is 2.24. The fraction of sp³-hybridized carbons (Fsp3) is 0.118. The summed E-state index contributed by atoms with van der Waals surface area (Å²) < 4.78 is 10.9. The lowest BCUT2D eigenvalue weighted by Gasteiger charge is -2.05. The quantitative estimate of drug-likeness (QED) is 0.680. The van der Waals surface area contributed by atoms with Gasteiger partial charge in [0.05, 0.1) is 12.5 Å². The summed E-state index contributed by atoms with van der Waals surface area (Å²) >= 11 is 5.79. The molecular formula is C17H13ClO3. The summed E-state index contributed by atoms with van der Waals surface area (Å²) in [5.41, 5.74) is 2.21. The van der Waals surface area contributed by atoms with Gasteiger partial charge in [-0.15, -0.1) is 11.6 Å². The van der Waals surface area contributed by atoms with Gasteiger partial charge in [-0.1, -0.05) is 6.07 Å². The van der Waals surface area contributed by atoms with Gasteiger partial charge in [-0.2, -0.15) is 0 Å². The molecule has 0 spiro atoms. The number of fused-ring (bicyclic) bond motifs is 1. The molecule has 2 aromatic carbocycles. The fourth-order valence-electron chi connectivity index (χ4n) is 2.18. The maximum absolute atomic E-state index is 12.2. The Balaban J connectivity index is 2.13. The van der Waals surface area contributed by atoms with Gasteiger partial charge in [0.1, 0.15) is 17.1 Å². The Labute approximate surface area is 126 Å². The van der Waals surface area contributed by atoms with Crippen molar-refractivity contribution in [1.29, 1.82) is 0 Å². The molecule has 0 saturated heterocycles.